The number of phenolic OH excluding ortho intramolecular Hbond substituents is 1. The van der Waals surface area contributed by atoms with Gasteiger partial charge in [-0.15, -0.1) is 0 Å². The summed E-state index contributed by atoms with van der Waals surface area (Å²) in [5.74, 6) is 3.86. The zero-order valence-electron chi connectivity index (χ0n) is 45.5. The number of carbonyl (C=O) groups excluding carboxylic acids is 1. The van der Waals surface area contributed by atoms with Crippen LogP contribution in [0.2, 0.25) is 0 Å². The highest BCUT2D eigenvalue weighted by Gasteiger charge is 2.35. The van der Waals surface area contributed by atoms with Crippen LogP contribution in [0.5, 0.6) is 17.2 Å². The molecule has 5 aromatic rings. The van der Waals surface area contributed by atoms with E-state index >= 15 is 0 Å². The number of phenols is 1. The molecule has 0 amide bonds. The Balaban J connectivity index is 1.17. The van der Waals surface area contributed by atoms with Crippen molar-refractivity contribution in [2.45, 2.75) is 121 Å². The summed E-state index contributed by atoms with van der Waals surface area (Å²) in [6, 6.07) is 25.9. The lowest BCUT2D eigenvalue weighted by atomic mass is 9.73. The van der Waals surface area contributed by atoms with Crippen molar-refractivity contribution in [3.05, 3.63) is 158 Å². The lowest BCUT2D eigenvalue weighted by Crippen LogP contribution is -2.25. The molecular weight excluding hydrogens is 981 g/mol. The largest absolute Gasteiger partial charge is 0.508 e. The van der Waals surface area contributed by atoms with Crippen molar-refractivity contribution in [3.63, 3.8) is 0 Å². The van der Waals surface area contributed by atoms with Crippen LogP contribution in [0.4, 0.5) is 5.69 Å². The predicted octanol–water partition coefficient (Wildman–Crippen LogP) is 11.1. The number of aryl methyl sites for hydroxylation is 2. The smallest absolute Gasteiger partial charge is 0.192 e. The Hall–Kier alpha value is -7.08. The first-order valence-electron chi connectivity index (χ1n) is 27.8. The molecule has 410 valence electrons. The van der Waals surface area contributed by atoms with E-state index in [0.29, 0.717) is 79.3 Å². The Labute approximate surface area is 459 Å². The Bertz CT molecular complexity index is 3150. The van der Waals surface area contributed by atoms with E-state index in [1.54, 1.807) is 20.2 Å². The standard InChI is InChI=1S/C65H76N4O9/c1-40-16-21-52-57-39-78-61-32-43(18-23-60(61)75-4)17-20-49(70)36-50-34-47-35-58(71)46(33-44(47)13-6-5-10-41-12-8-15-48(31-41)69-65(66)68-3)19-22-51(45-14-7-11-42(30-45)24-28-76-27-9-26-67-2)53(25-29-77-50)63-56(37-55(57)64(73)74)62(52)54(40)38-59(63)72/h7-8,11-12,14-16,18,21,23,30-33,35,37-38,40,44,47,50-51,53,64,67,71-74H,5-6,9-10,13,17,19-20,22,24,26-28,34,36,39H2,1-4H3,(H3,66,68,69)/t40-,44+,47+,50+,51+,53-/m1/s1. The van der Waals surface area contributed by atoms with Crippen LogP contribution in [0.25, 0.3) is 16.8 Å². The molecule has 8 N–H and O–H groups in total. The molecule has 5 aromatic carbocycles. The van der Waals surface area contributed by atoms with Gasteiger partial charge in [0.25, 0.3) is 0 Å². The summed E-state index contributed by atoms with van der Waals surface area (Å²) in [4.78, 5) is 18.3. The normalized spacial score (nSPS) is 21.3. The number of fused-ring (bicyclic) bond motifs is 8. The van der Waals surface area contributed by atoms with Gasteiger partial charge in [0.1, 0.15) is 36.1 Å². The minimum Gasteiger partial charge on any atom is -0.508 e. The molecule has 4 aliphatic heterocycles. The van der Waals surface area contributed by atoms with E-state index in [1.165, 1.54) is 5.56 Å². The topological polar surface area (TPSA) is 197 Å². The fraction of sp³-hybridized carbons (Fsp3) is 0.415. The van der Waals surface area contributed by atoms with Crippen LogP contribution in [0.1, 0.15) is 139 Å². The molecule has 4 heterocycles. The monoisotopic (exact) mass is 1060 g/mol. The van der Waals surface area contributed by atoms with Crippen molar-refractivity contribution in [1.82, 2.24) is 5.32 Å². The molecule has 0 spiro atoms. The van der Waals surface area contributed by atoms with E-state index in [-0.39, 0.29) is 66.0 Å². The first-order valence-corrected chi connectivity index (χ1v) is 27.8. The number of hydrogen-bond donors (Lipinski definition) is 7. The minimum absolute atomic E-state index is 0.0121. The lowest BCUT2D eigenvalue weighted by Gasteiger charge is -2.31. The third-order valence-electron chi connectivity index (χ3n) is 16.1. The predicted molar refractivity (Wildman–Crippen MR) is 308 cm³/mol. The van der Waals surface area contributed by atoms with Gasteiger partial charge in [0.05, 0.1) is 19.6 Å². The molecule has 0 saturated heterocycles. The first-order chi connectivity index (χ1) is 37.9. The molecule has 78 heavy (non-hydrogen) atoms. The van der Waals surface area contributed by atoms with E-state index in [0.717, 1.165) is 83.1 Å². The summed E-state index contributed by atoms with van der Waals surface area (Å²) >= 11 is 0. The number of rotatable bonds is 16. The summed E-state index contributed by atoms with van der Waals surface area (Å²) < 4.78 is 25.1. The fourth-order valence-electron chi connectivity index (χ4n) is 12.0. The third kappa shape index (κ3) is 13.2. The van der Waals surface area contributed by atoms with Crippen molar-refractivity contribution < 1.29 is 44.2 Å². The van der Waals surface area contributed by atoms with Gasteiger partial charge in [0, 0.05) is 60.7 Å². The number of aliphatic hydroxyl groups is 3. The minimum atomic E-state index is -1.90. The lowest BCUT2D eigenvalue weighted by molar-refractivity contribution is -0.121. The van der Waals surface area contributed by atoms with Crippen molar-refractivity contribution in [1.29, 1.82) is 0 Å². The van der Waals surface area contributed by atoms with Crippen molar-refractivity contribution in [2.75, 3.05) is 46.3 Å². The number of carbonyl (C=O) groups is 1. The second-order valence-electron chi connectivity index (χ2n) is 21.4. The summed E-state index contributed by atoms with van der Waals surface area (Å²) in [6.45, 7) is 4.13. The zero-order chi connectivity index (χ0) is 54.7. The summed E-state index contributed by atoms with van der Waals surface area (Å²) in [5, 5.41) is 55.2. The van der Waals surface area contributed by atoms with Crippen LogP contribution < -0.4 is 25.8 Å². The number of methoxy groups -OCH3 is 1. The number of anilines is 1. The highest BCUT2D eigenvalue weighted by atomic mass is 16.5. The van der Waals surface area contributed by atoms with E-state index in [4.69, 9.17) is 24.7 Å². The fourth-order valence-corrected chi connectivity index (χ4v) is 12.0. The van der Waals surface area contributed by atoms with Crippen LogP contribution in [-0.4, -0.2) is 79.2 Å². The molecule has 2 aliphatic carbocycles. The summed E-state index contributed by atoms with van der Waals surface area (Å²) in [7, 11) is 5.16. The van der Waals surface area contributed by atoms with E-state index < -0.39 is 18.3 Å². The quantitative estimate of drug-likeness (QED) is 0.0163. The van der Waals surface area contributed by atoms with Crippen LogP contribution >= 0.6 is 0 Å². The van der Waals surface area contributed by atoms with Crippen molar-refractivity contribution in [2.24, 2.45) is 22.6 Å². The molecule has 13 nitrogen and oxygen atoms in total. The third-order valence-corrected chi connectivity index (χ3v) is 16.1. The second-order valence-corrected chi connectivity index (χ2v) is 21.4. The molecule has 6 aliphatic rings. The molecule has 10 bridgehead atoms. The van der Waals surface area contributed by atoms with Gasteiger partial charge in [-0.05, 0) is 175 Å². The van der Waals surface area contributed by atoms with Crippen molar-refractivity contribution >= 4 is 34.3 Å². The van der Waals surface area contributed by atoms with Gasteiger partial charge in [0.2, 0.25) is 0 Å². The Kier molecular flexibility index (Phi) is 18.6. The number of nitrogens with two attached hydrogens (primary N) is 1. The molecule has 0 radical (unpaired) electrons. The highest BCUT2D eigenvalue weighted by molar-refractivity contribution is 6.01. The first kappa shape index (κ1) is 55.7. The number of aromatic hydroxyl groups is 1. The van der Waals surface area contributed by atoms with E-state index in [9.17, 15) is 25.2 Å². The molecule has 0 unspecified atom stereocenters. The van der Waals surface area contributed by atoms with Crippen LogP contribution in [0.15, 0.2) is 113 Å². The van der Waals surface area contributed by atoms with Crippen LogP contribution in [-0.2, 0) is 40.1 Å². The van der Waals surface area contributed by atoms with Gasteiger partial charge < -0.3 is 55.7 Å². The van der Waals surface area contributed by atoms with Crippen LogP contribution in [0, 0.1) is 23.9 Å². The average molecular weight is 1060 g/mol. The Morgan fingerprint density at radius 3 is 2.59 bits per heavy atom. The number of nitrogens with one attached hydrogen (secondary N) is 2. The molecular formula is C65H76N4O9. The van der Waals surface area contributed by atoms with Crippen molar-refractivity contribution in [3.8, 4) is 29.3 Å². The Morgan fingerprint density at radius 1 is 0.949 bits per heavy atom. The van der Waals surface area contributed by atoms with Gasteiger partial charge in [0.15, 0.2) is 23.7 Å². The second kappa shape index (κ2) is 26.0. The van der Waals surface area contributed by atoms with Gasteiger partial charge in [-0.2, -0.15) is 0 Å². The number of nitrogens with zero attached hydrogens (tertiary/aromatic N) is 1. The maximum Gasteiger partial charge on any atom is 0.192 e. The summed E-state index contributed by atoms with van der Waals surface area (Å²) in [6.07, 6.45) is 16.4. The number of Topliss-reactive ketones (excluding diaryl/α,β-unsaturated/α-hetero) is 1. The maximum absolute atomic E-state index is 14.3. The van der Waals surface area contributed by atoms with Gasteiger partial charge in [-0.1, -0.05) is 80.0 Å². The number of ether oxygens (including phenoxy) is 4. The van der Waals surface area contributed by atoms with Gasteiger partial charge in [-0.25, -0.2) is 0 Å². The number of ketones is 1. The molecule has 11 rings (SSSR count). The number of aliphatic hydroxyl groups excluding tert-OH is 2. The number of allylic oxidation sites excluding steroid dienone is 4. The molecule has 0 aromatic heterocycles. The van der Waals surface area contributed by atoms with Crippen LogP contribution in [0.3, 0.4) is 0 Å². The molecule has 13 heteroatoms. The summed E-state index contributed by atoms with van der Waals surface area (Å²) in [5.41, 5.74) is 14.8. The number of hydrogen-bond acceptors (Lipinski definition) is 11. The van der Waals surface area contributed by atoms with E-state index in [1.807, 2.05) is 55.6 Å². The molecule has 0 saturated carbocycles. The maximum atomic E-state index is 14.3. The SMILES string of the molecule is CN=C(N)Nc1cccc(CCCC[C@H]2C=C3CC[C@@H](c4cccc(CCOCCCNC)c4)[C@H]4C#CO[C@H](CC(=O)CCc5ccc(OC)c(c5)OCc5c(C(O)O)cc6c4c(O)cc4c6c5C=C[C@H]4C)C[C@H]2C=C3O)c1. The highest BCUT2D eigenvalue weighted by Crippen LogP contribution is 2.50. The Morgan fingerprint density at radius 2 is 1.78 bits per heavy atom. The molecule has 0 fully saturated rings. The van der Waals surface area contributed by atoms with E-state index in [2.05, 4.69) is 83.1 Å². The number of aliphatic imine (C=N–C) groups is 1. The zero-order valence-corrected chi connectivity index (χ0v) is 45.5. The average Bonchev–Trinajstić information content (AvgIpc) is 3.64. The molecule has 6 atom stereocenters. The number of benzene rings is 5. The van der Waals surface area contributed by atoms with Gasteiger partial charge in [-0.3, -0.25) is 9.79 Å². The number of unbranched alkanes of at least 4 members (excludes halogenated alkanes) is 1. The van der Waals surface area contributed by atoms with Gasteiger partial charge >= 0.3 is 0 Å². The number of guanidine groups is 1.